The third kappa shape index (κ3) is 3.60. The van der Waals surface area contributed by atoms with Crippen molar-refractivity contribution < 1.29 is 22.7 Å². The first-order chi connectivity index (χ1) is 10.0. The van der Waals surface area contributed by atoms with Gasteiger partial charge in [-0.1, -0.05) is 11.6 Å². The van der Waals surface area contributed by atoms with E-state index in [0.717, 1.165) is 5.56 Å². The van der Waals surface area contributed by atoms with Crippen LogP contribution in [0.2, 0.25) is 5.02 Å². The van der Waals surface area contributed by atoms with Crippen molar-refractivity contribution >= 4 is 21.4 Å². The molecule has 0 amide bonds. The van der Waals surface area contributed by atoms with E-state index in [-0.39, 0.29) is 18.1 Å². The molecular weight excluding hydrogens is 318 g/mol. The Morgan fingerprint density at radius 2 is 1.81 bits per heavy atom. The van der Waals surface area contributed by atoms with Crippen LogP contribution in [0.1, 0.15) is 5.56 Å². The summed E-state index contributed by atoms with van der Waals surface area (Å²) in [5, 5.41) is 2.18. The van der Waals surface area contributed by atoms with Crippen molar-refractivity contribution in [3.63, 3.8) is 0 Å². The number of hydrogen-bond donors (Lipinski definition) is 0. The number of hydrogen-bond acceptors (Lipinski definition) is 6. The number of halogens is 1. The van der Waals surface area contributed by atoms with E-state index in [0.29, 0.717) is 42.8 Å². The largest absolute Gasteiger partial charge is 0.486 e. The Balaban J connectivity index is 1.75. The van der Waals surface area contributed by atoms with Gasteiger partial charge < -0.3 is 9.47 Å². The highest BCUT2D eigenvalue weighted by atomic mass is 35.5. The zero-order chi connectivity index (χ0) is 14.9. The van der Waals surface area contributed by atoms with Crippen molar-refractivity contribution in [3.8, 4) is 11.5 Å². The fourth-order valence-electron chi connectivity index (χ4n) is 2.24. The Hall–Kier alpha value is -1.02. The van der Waals surface area contributed by atoms with Crippen LogP contribution < -0.4 is 9.47 Å². The van der Waals surface area contributed by atoms with E-state index in [9.17, 15) is 8.42 Å². The van der Waals surface area contributed by atoms with Gasteiger partial charge in [-0.05, 0) is 11.6 Å². The monoisotopic (exact) mass is 333 g/mol. The lowest BCUT2D eigenvalue weighted by molar-refractivity contribution is -0.154. The van der Waals surface area contributed by atoms with Gasteiger partial charge in [0, 0.05) is 17.6 Å². The van der Waals surface area contributed by atoms with Crippen LogP contribution in [-0.4, -0.2) is 51.4 Å². The molecule has 0 spiro atoms. The molecule has 2 aliphatic heterocycles. The van der Waals surface area contributed by atoms with Gasteiger partial charge >= 0.3 is 0 Å². The summed E-state index contributed by atoms with van der Waals surface area (Å²) in [7, 11) is -3.01. The first-order valence-corrected chi connectivity index (χ1v) is 8.90. The molecule has 0 bridgehead atoms. The van der Waals surface area contributed by atoms with Crippen LogP contribution in [0.25, 0.3) is 0 Å². The highest BCUT2D eigenvalue weighted by Gasteiger charge is 2.22. The molecular formula is C13H16ClNO5S. The second-order valence-electron chi connectivity index (χ2n) is 4.94. The summed E-state index contributed by atoms with van der Waals surface area (Å²) in [5.41, 5.74) is 0.820. The lowest BCUT2D eigenvalue weighted by atomic mass is 10.2. The van der Waals surface area contributed by atoms with E-state index in [2.05, 4.69) is 0 Å². The molecule has 1 aromatic carbocycles. The summed E-state index contributed by atoms with van der Waals surface area (Å²) >= 11 is 6.24. The number of ether oxygens (including phenoxy) is 2. The van der Waals surface area contributed by atoms with Gasteiger partial charge in [0.15, 0.2) is 21.3 Å². The van der Waals surface area contributed by atoms with Gasteiger partial charge in [-0.15, -0.1) is 0 Å². The van der Waals surface area contributed by atoms with Crippen molar-refractivity contribution in [2.75, 3.05) is 37.9 Å². The molecule has 6 nitrogen and oxygen atoms in total. The maximum absolute atomic E-state index is 11.6. The lowest BCUT2D eigenvalue weighted by Crippen LogP contribution is -2.26. The standard InChI is InChI=1S/C13H16ClNO5S/c14-11-8-13-12(18-2-3-19-13)7-10(11)9-15-1-5-21(16,17)6-4-20-15/h7-8H,1-6,9H2. The van der Waals surface area contributed by atoms with Gasteiger partial charge in [0.1, 0.15) is 13.2 Å². The third-order valence-corrected chi connectivity index (χ3v) is 5.32. The van der Waals surface area contributed by atoms with E-state index >= 15 is 0 Å². The Labute approximate surface area is 128 Å². The molecule has 2 heterocycles. The first kappa shape index (κ1) is 14.9. The minimum absolute atomic E-state index is 0.0539. The third-order valence-electron chi connectivity index (χ3n) is 3.38. The minimum Gasteiger partial charge on any atom is -0.486 e. The van der Waals surface area contributed by atoms with E-state index in [1.807, 2.05) is 6.07 Å². The summed E-state index contributed by atoms with van der Waals surface area (Å²) in [4.78, 5) is 5.47. The van der Waals surface area contributed by atoms with Crippen molar-refractivity contribution in [1.29, 1.82) is 0 Å². The van der Waals surface area contributed by atoms with E-state index in [4.69, 9.17) is 25.9 Å². The molecule has 0 aromatic heterocycles. The minimum atomic E-state index is -3.01. The van der Waals surface area contributed by atoms with Gasteiger partial charge in [0.2, 0.25) is 0 Å². The zero-order valence-electron chi connectivity index (χ0n) is 11.4. The lowest BCUT2D eigenvalue weighted by Gasteiger charge is -2.22. The van der Waals surface area contributed by atoms with E-state index in [1.54, 1.807) is 11.1 Å². The molecule has 8 heteroatoms. The molecule has 1 fully saturated rings. The topological polar surface area (TPSA) is 65.1 Å². The predicted molar refractivity (Wildman–Crippen MR) is 77.5 cm³/mol. The van der Waals surface area contributed by atoms with Crippen LogP contribution >= 0.6 is 11.6 Å². The maximum Gasteiger partial charge on any atom is 0.162 e. The average Bonchev–Trinajstić information content (AvgIpc) is 2.61. The molecule has 0 aliphatic carbocycles. The molecule has 1 aromatic rings. The van der Waals surface area contributed by atoms with Crippen molar-refractivity contribution in [2.24, 2.45) is 0 Å². The van der Waals surface area contributed by atoms with Gasteiger partial charge in [-0.3, -0.25) is 4.84 Å². The van der Waals surface area contributed by atoms with Crippen LogP contribution in [0, 0.1) is 0 Å². The Morgan fingerprint density at radius 1 is 1.10 bits per heavy atom. The van der Waals surface area contributed by atoms with Crippen LogP contribution in [0.5, 0.6) is 11.5 Å². The fraction of sp³-hybridized carbons (Fsp3) is 0.538. The molecule has 0 saturated carbocycles. The fourth-order valence-corrected chi connectivity index (χ4v) is 3.47. The summed E-state index contributed by atoms with van der Waals surface area (Å²) in [5.74, 6) is 1.44. The Kier molecular flexibility index (Phi) is 4.26. The van der Waals surface area contributed by atoms with Crippen molar-refractivity contribution in [2.45, 2.75) is 6.54 Å². The second kappa shape index (κ2) is 6.00. The molecule has 0 atom stereocenters. The van der Waals surface area contributed by atoms with Crippen LogP contribution in [0.4, 0.5) is 0 Å². The number of benzene rings is 1. The molecule has 21 heavy (non-hydrogen) atoms. The summed E-state index contributed by atoms with van der Waals surface area (Å²) in [6.45, 7) is 1.92. The molecule has 0 N–H and O–H groups in total. The molecule has 0 radical (unpaired) electrons. The smallest absolute Gasteiger partial charge is 0.162 e. The Bertz CT molecular complexity index is 634. The van der Waals surface area contributed by atoms with Gasteiger partial charge in [0.05, 0.1) is 24.7 Å². The molecule has 1 saturated heterocycles. The normalized spacial score (nSPS) is 21.8. The second-order valence-corrected chi connectivity index (χ2v) is 7.65. The summed E-state index contributed by atoms with van der Waals surface area (Å²) < 4.78 is 34.1. The van der Waals surface area contributed by atoms with Crippen LogP contribution in [-0.2, 0) is 21.2 Å². The zero-order valence-corrected chi connectivity index (χ0v) is 13.0. The van der Waals surface area contributed by atoms with E-state index in [1.165, 1.54) is 0 Å². The average molecular weight is 334 g/mol. The molecule has 0 unspecified atom stereocenters. The highest BCUT2D eigenvalue weighted by molar-refractivity contribution is 7.91. The quantitative estimate of drug-likeness (QED) is 0.812. The molecule has 2 aliphatic rings. The number of sulfone groups is 1. The van der Waals surface area contributed by atoms with Crippen LogP contribution in [0.3, 0.4) is 0 Å². The van der Waals surface area contributed by atoms with Crippen molar-refractivity contribution in [3.05, 3.63) is 22.7 Å². The van der Waals surface area contributed by atoms with Gasteiger partial charge in [-0.25, -0.2) is 8.42 Å². The summed E-state index contributed by atoms with van der Waals surface area (Å²) in [6.07, 6.45) is 0. The number of nitrogens with zero attached hydrogens (tertiary/aromatic N) is 1. The summed E-state index contributed by atoms with van der Waals surface area (Å²) in [6, 6.07) is 3.54. The number of rotatable bonds is 2. The highest BCUT2D eigenvalue weighted by Crippen LogP contribution is 2.35. The van der Waals surface area contributed by atoms with E-state index < -0.39 is 9.84 Å². The first-order valence-electron chi connectivity index (χ1n) is 6.70. The maximum atomic E-state index is 11.6. The van der Waals surface area contributed by atoms with Gasteiger partial charge in [0.25, 0.3) is 0 Å². The number of hydroxylamine groups is 2. The van der Waals surface area contributed by atoms with Gasteiger partial charge in [-0.2, -0.15) is 5.06 Å². The Morgan fingerprint density at radius 3 is 2.57 bits per heavy atom. The molecule has 116 valence electrons. The molecule has 3 rings (SSSR count). The SMILES string of the molecule is O=S1(=O)CCON(Cc2cc3c(cc2Cl)OCCO3)CC1. The van der Waals surface area contributed by atoms with Crippen LogP contribution in [0.15, 0.2) is 12.1 Å². The predicted octanol–water partition coefficient (Wildman–Crippen LogP) is 1.27. The van der Waals surface area contributed by atoms with Crippen molar-refractivity contribution in [1.82, 2.24) is 5.06 Å². The number of fused-ring (bicyclic) bond motifs is 1.